The smallest absolute Gasteiger partial charge is 0.203 e. The molecule has 138 valence electrons. The van der Waals surface area contributed by atoms with Crippen LogP contribution in [-0.2, 0) is 13.1 Å². The topological polar surface area (TPSA) is 57.5 Å². The molecule has 0 bridgehead atoms. The van der Waals surface area contributed by atoms with E-state index in [-0.39, 0.29) is 0 Å². The molecule has 0 aliphatic carbocycles. The molecule has 0 amide bonds. The molecule has 0 saturated heterocycles. The van der Waals surface area contributed by atoms with Gasteiger partial charge in [-0.25, -0.2) is 4.98 Å². The summed E-state index contributed by atoms with van der Waals surface area (Å²) in [7, 11) is 4.88. The van der Waals surface area contributed by atoms with Crippen LogP contribution >= 0.6 is 0 Å². The van der Waals surface area contributed by atoms with E-state index in [9.17, 15) is 0 Å². The second-order valence-electron chi connectivity index (χ2n) is 5.95. The maximum atomic E-state index is 5.52. The number of ether oxygens (including phenoxy) is 3. The molecule has 0 atom stereocenters. The number of fused-ring (bicyclic) bond motifs is 1. The van der Waals surface area contributed by atoms with Gasteiger partial charge in [0.25, 0.3) is 0 Å². The first-order valence-electron chi connectivity index (χ1n) is 8.67. The maximum Gasteiger partial charge on any atom is 0.203 e. The molecule has 1 heterocycles. The minimum Gasteiger partial charge on any atom is -0.493 e. The van der Waals surface area contributed by atoms with Crippen LogP contribution in [-0.4, -0.2) is 37.4 Å². The van der Waals surface area contributed by atoms with Crippen molar-refractivity contribution in [1.29, 1.82) is 0 Å². The number of rotatable bonds is 9. The second kappa shape index (κ2) is 8.58. The average molecular weight is 355 g/mol. The molecule has 3 aromatic rings. The Bertz CT molecular complexity index is 861. The van der Waals surface area contributed by atoms with Crippen LogP contribution in [0.1, 0.15) is 12.0 Å². The molecule has 3 rings (SSSR count). The molecule has 0 radical (unpaired) electrons. The fourth-order valence-electron chi connectivity index (χ4n) is 3.09. The van der Waals surface area contributed by atoms with E-state index in [1.807, 2.05) is 36.7 Å². The molecule has 0 spiro atoms. The third kappa shape index (κ3) is 3.75. The summed E-state index contributed by atoms with van der Waals surface area (Å²) in [6.45, 7) is 2.52. The van der Waals surface area contributed by atoms with Crippen molar-refractivity contribution in [1.82, 2.24) is 14.9 Å². The summed E-state index contributed by atoms with van der Waals surface area (Å²) < 4.78 is 18.5. The summed E-state index contributed by atoms with van der Waals surface area (Å²) in [5, 5.41) is 3.47. The van der Waals surface area contributed by atoms with Gasteiger partial charge in [-0.15, -0.1) is 0 Å². The lowest BCUT2D eigenvalue weighted by atomic mass is 10.1. The van der Waals surface area contributed by atoms with Gasteiger partial charge in [0.05, 0.1) is 38.7 Å². The number of nitrogens with one attached hydrogen (secondary N) is 1. The van der Waals surface area contributed by atoms with Crippen molar-refractivity contribution in [2.75, 3.05) is 27.9 Å². The lowest BCUT2D eigenvalue weighted by Crippen LogP contribution is -2.17. The van der Waals surface area contributed by atoms with Crippen molar-refractivity contribution in [2.24, 2.45) is 0 Å². The molecule has 0 saturated carbocycles. The first-order chi connectivity index (χ1) is 12.8. The number of methoxy groups -OCH3 is 3. The fourth-order valence-corrected chi connectivity index (χ4v) is 3.09. The van der Waals surface area contributed by atoms with Gasteiger partial charge >= 0.3 is 0 Å². The van der Waals surface area contributed by atoms with Gasteiger partial charge in [0.1, 0.15) is 0 Å². The van der Waals surface area contributed by atoms with E-state index in [2.05, 4.69) is 20.9 Å². The molecule has 0 aliphatic heterocycles. The van der Waals surface area contributed by atoms with Crippen molar-refractivity contribution < 1.29 is 14.2 Å². The van der Waals surface area contributed by atoms with Crippen molar-refractivity contribution in [3.8, 4) is 17.2 Å². The van der Waals surface area contributed by atoms with Gasteiger partial charge in [0.2, 0.25) is 5.75 Å². The number of nitrogens with zero attached hydrogens (tertiary/aromatic N) is 2. The molecule has 6 nitrogen and oxygen atoms in total. The van der Waals surface area contributed by atoms with Gasteiger partial charge in [0.15, 0.2) is 11.5 Å². The van der Waals surface area contributed by atoms with Crippen LogP contribution < -0.4 is 19.5 Å². The quantitative estimate of drug-likeness (QED) is 0.597. The zero-order chi connectivity index (χ0) is 18.4. The van der Waals surface area contributed by atoms with E-state index in [4.69, 9.17) is 14.2 Å². The third-order valence-corrected chi connectivity index (χ3v) is 4.38. The Kier molecular flexibility index (Phi) is 5.96. The van der Waals surface area contributed by atoms with E-state index < -0.39 is 0 Å². The number of imidazole rings is 1. The van der Waals surface area contributed by atoms with Crippen molar-refractivity contribution in [3.63, 3.8) is 0 Å². The van der Waals surface area contributed by atoms with Gasteiger partial charge in [-0.3, -0.25) is 0 Å². The van der Waals surface area contributed by atoms with Crippen LogP contribution in [0.25, 0.3) is 11.0 Å². The summed E-state index contributed by atoms with van der Waals surface area (Å²) >= 11 is 0. The molecule has 2 aromatic carbocycles. The summed E-state index contributed by atoms with van der Waals surface area (Å²) in [4.78, 5) is 4.42. The van der Waals surface area contributed by atoms with E-state index in [0.29, 0.717) is 23.8 Å². The van der Waals surface area contributed by atoms with E-state index in [0.717, 1.165) is 30.6 Å². The van der Waals surface area contributed by atoms with Gasteiger partial charge < -0.3 is 24.1 Å². The minimum absolute atomic E-state index is 0.624. The fraction of sp³-hybridized carbons (Fsp3) is 0.350. The predicted molar refractivity (Wildman–Crippen MR) is 102 cm³/mol. The Labute approximate surface area is 153 Å². The van der Waals surface area contributed by atoms with Gasteiger partial charge in [-0.05, 0) is 31.2 Å². The van der Waals surface area contributed by atoms with Crippen LogP contribution in [0.5, 0.6) is 17.2 Å². The molecule has 26 heavy (non-hydrogen) atoms. The highest BCUT2D eigenvalue weighted by molar-refractivity contribution is 5.74. The standard InChI is InChI=1S/C20H25N3O3/c1-24-18-10-9-15(19(25-2)20(18)26-3)13-21-11-6-12-23-14-22-16-7-4-5-8-17(16)23/h4-5,7-10,14,21H,6,11-13H2,1-3H3. The number of hydrogen-bond donors (Lipinski definition) is 1. The number of aromatic nitrogens is 2. The normalized spacial score (nSPS) is 10.9. The summed E-state index contributed by atoms with van der Waals surface area (Å²) in [5.41, 5.74) is 3.25. The molecule has 0 unspecified atom stereocenters. The number of benzene rings is 2. The molecule has 1 aromatic heterocycles. The van der Waals surface area contributed by atoms with E-state index in [1.54, 1.807) is 21.3 Å². The van der Waals surface area contributed by atoms with E-state index >= 15 is 0 Å². The number of aryl methyl sites for hydroxylation is 1. The van der Waals surface area contributed by atoms with Gasteiger partial charge in [-0.1, -0.05) is 18.2 Å². The highest BCUT2D eigenvalue weighted by Crippen LogP contribution is 2.39. The molecular formula is C20H25N3O3. The van der Waals surface area contributed by atoms with Crippen molar-refractivity contribution in [3.05, 3.63) is 48.3 Å². The highest BCUT2D eigenvalue weighted by Gasteiger charge is 2.15. The van der Waals surface area contributed by atoms with E-state index in [1.165, 1.54) is 5.52 Å². The Hall–Kier alpha value is -2.73. The molecule has 0 aliphatic rings. The summed E-state index contributed by atoms with van der Waals surface area (Å²) in [6.07, 6.45) is 2.91. The lowest BCUT2D eigenvalue weighted by molar-refractivity contribution is 0.321. The highest BCUT2D eigenvalue weighted by atomic mass is 16.5. The van der Waals surface area contributed by atoms with Crippen LogP contribution in [0.2, 0.25) is 0 Å². The molecule has 1 N–H and O–H groups in total. The van der Waals surface area contributed by atoms with Crippen LogP contribution in [0.4, 0.5) is 0 Å². The zero-order valence-corrected chi connectivity index (χ0v) is 15.5. The predicted octanol–water partition coefficient (Wildman–Crippen LogP) is 3.24. The Morgan fingerprint density at radius 1 is 0.962 bits per heavy atom. The average Bonchev–Trinajstić information content (AvgIpc) is 3.10. The largest absolute Gasteiger partial charge is 0.493 e. The molecule has 0 fully saturated rings. The number of para-hydroxylation sites is 2. The Morgan fingerprint density at radius 3 is 2.54 bits per heavy atom. The van der Waals surface area contributed by atoms with Crippen LogP contribution in [0, 0.1) is 0 Å². The van der Waals surface area contributed by atoms with Crippen molar-refractivity contribution >= 4 is 11.0 Å². The van der Waals surface area contributed by atoms with Crippen LogP contribution in [0.15, 0.2) is 42.7 Å². The Morgan fingerprint density at radius 2 is 1.77 bits per heavy atom. The summed E-state index contributed by atoms with van der Waals surface area (Å²) in [6, 6.07) is 12.1. The molecular weight excluding hydrogens is 330 g/mol. The van der Waals surface area contributed by atoms with Crippen molar-refractivity contribution in [2.45, 2.75) is 19.5 Å². The van der Waals surface area contributed by atoms with Crippen LogP contribution in [0.3, 0.4) is 0 Å². The first-order valence-corrected chi connectivity index (χ1v) is 8.67. The third-order valence-electron chi connectivity index (χ3n) is 4.38. The lowest BCUT2D eigenvalue weighted by Gasteiger charge is -2.16. The summed E-state index contributed by atoms with van der Waals surface area (Å²) in [5.74, 6) is 2.00. The maximum absolute atomic E-state index is 5.52. The SMILES string of the molecule is COc1ccc(CNCCCn2cnc3ccccc32)c(OC)c1OC. The Balaban J connectivity index is 1.55. The second-order valence-corrected chi connectivity index (χ2v) is 5.95. The molecule has 6 heteroatoms. The van der Waals surface area contributed by atoms with Gasteiger partial charge in [-0.2, -0.15) is 0 Å². The minimum atomic E-state index is 0.624. The number of hydrogen-bond acceptors (Lipinski definition) is 5. The zero-order valence-electron chi connectivity index (χ0n) is 15.5. The van der Waals surface area contributed by atoms with Gasteiger partial charge in [0, 0.05) is 18.7 Å². The monoisotopic (exact) mass is 355 g/mol. The first kappa shape index (κ1) is 18.1.